The van der Waals surface area contributed by atoms with Gasteiger partial charge < -0.3 is 9.47 Å². The molecule has 10 nitrogen and oxygen atoms in total. The molecule has 0 saturated heterocycles. The number of hydrogen-bond acceptors (Lipinski definition) is 8. The Labute approximate surface area is 198 Å². The van der Waals surface area contributed by atoms with Crippen LogP contribution in [0.3, 0.4) is 0 Å². The van der Waals surface area contributed by atoms with Crippen molar-refractivity contribution in [3.05, 3.63) is 59.9 Å². The molecule has 3 aromatic heterocycles. The van der Waals surface area contributed by atoms with Crippen LogP contribution in [0.1, 0.15) is 50.3 Å². The lowest BCUT2D eigenvalue weighted by Crippen LogP contribution is -2.31. The van der Waals surface area contributed by atoms with E-state index in [4.69, 9.17) is 19.6 Å². The minimum absolute atomic E-state index is 0.559. The van der Waals surface area contributed by atoms with Gasteiger partial charge in [0.2, 0.25) is 11.6 Å². The summed E-state index contributed by atoms with van der Waals surface area (Å²) in [5, 5.41) is 19.0. The van der Waals surface area contributed by atoms with Crippen LogP contribution in [0.2, 0.25) is 0 Å². The van der Waals surface area contributed by atoms with Crippen molar-refractivity contribution in [2.24, 2.45) is 0 Å². The monoisotopic (exact) mass is 462 g/mol. The quantitative estimate of drug-likeness (QED) is 0.335. The third-order valence-corrected chi connectivity index (χ3v) is 5.99. The first kappa shape index (κ1) is 23.7. The zero-order valence-electron chi connectivity index (χ0n) is 20.0. The molecular weight excluding hydrogens is 432 g/mol. The summed E-state index contributed by atoms with van der Waals surface area (Å²) < 4.78 is 13.3. The zero-order valence-corrected chi connectivity index (χ0v) is 20.0. The Morgan fingerprint density at radius 1 is 1.03 bits per heavy atom. The van der Waals surface area contributed by atoms with Crippen LogP contribution in [0.5, 0.6) is 0 Å². The normalized spacial score (nSPS) is 11.8. The average molecular weight is 463 g/mol. The number of tetrazole rings is 1. The highest BCUT2D eigenvalue weighted by Gasteiger charge is 2.35. The van der Waals surface area contributed by atoms with Crippen LogP contribution in [0.15, 0.2) is 42.7 Å². The Kier molecular flexibility index (Phi) is 7.39. The lowest BCUT2D eigenvalue weighted by molar-refractivity contribution is -0.222. The number of nitrogens with zero attached hydrogens (tertiary/aromatic N) is 7. The first-order valence-corrected chi connectivity index (χ1v) is 11.5. The van der Waals surface area contributed by atoms with E-state index < -0.39 is 5.79 Å². The average Bonchev–Trinajstić information content (AvgIpc) is 3.56. The predicted octanol–water partition coefficient (Wildman–Crippen LogP) is 3.77. The van der Waals surface area contributed by atoms with Crippen molar-refractivity contribution in [3.8, 4) is 22.5 Å². The molecule has 0 aliphatic rings. The van der Waals surface area contributed by atoms with Crippen molar-refractivity contribution in [3.63, 3.8) is 0 Å². The maximum absolute atomic E-state index is 5.67. The molecule has 0 radical (unpaired) electrons. The molecule has 0 amide bonds. The van der Waals surface area contributed by atoms with Gasteiger partial charge in [0, 0.05) is 57.1 Å². The molecule has 0 atom stereocenters. The van der Waals surface area contributed by atoms with E-state index in [1.807, 2.05) is 23.9 Å². The summed E-state index contributed by atoms with van der Waals surface area (Å²) in [5.74, 6) is 1.11. The smallest absolute Gasteiger partial charge is 0.231 e. The highest BCUT2D eigenvalue weighted by Crippen LogP contribution is 2.30. The number of nitrogens with one attached hydrogen (secondary N) is 1. The maximum Gasteiger partial charge on any atom is 0.231 e. The number of aromatic amines is 1. The second-order valence-electron chi connectivity index (χ2n) is 7.99. The molecule has 4 rings (SSSR count). The highest BCUT2D eigenvalue weighted by atomic mass is 16.7. The standard InChI is InChI=1S/C24H30N8O2/c1-5-7-14-32-21(26-23(29-32)24(6-2,33-3)34-4)15-17-8-10-18(11-9-17)20-16-25-13-12-19(20)22-27-30-31-28-22/h8-13,16H,5-7,14-15H2,1-4H3,(H,27,28,30,31). The number of methoxy groups -OCH3 is 2. The van der Waals surface area contributed by atoms with Crippen molar-refractivity contribution >= 4 is 0 Å². The van der Waals surface area contributed by atoms with Crippen molar-refractivity contribution in [2.45, 2.75) is 51.9 Å². The summed E-state index contributed by atoms with van der Waals surface area (Å²) in [6.45, 7) is 4.96. The Balaban J connectivity index is 1.62. The number of rotatable bonds is 11. The van der Waals surface area contributed by atoms with Crippen molar-refractivity contribution in [2.75, 3.05) is 14.2 Å². The van der Waals surface area contributed by atoms with Crippen molar-refractivity contribution in [1.82, 2.24) is 40.4 Å². The molecule has 0 unspecified atom stereocenters. The van der Waals surface area contributed by atoms with Gasteiger partial charge in [0.25, 0.3) is 0 Å². The number of pyridine rings is 1. The fourth-order valence-electron chi connectivity index (χ4n) is 3.96. The minimum atomic E-state index is -0.942. The van der Waals surface area contributed by atoms with Gasteiger partial charge in [-0.3, -0.25) is 4.98 Å². The third kappa shape index (κ3) is 4.73. The zero-order chi connectivity index (χ0) is 24.0. The van der Waals surface area contributed by atoms with Gasteiger partial charge in [-0.2, -0.15) is 5.10 Å². The van der Waals surface area contributed by atoms with Crippen LogP contribution in [0.4, 0.5) is 0 Å². The van der Waals surface area contributed by atoms with E-state index in [1.54, 1.807) is 20.4 Å². The summed E-state index contributed by atoms with van der Waals surface area (Å²) in [4.78, 5) is 9.12. The Hall–Kier alpha value is -3.50. The van der Waals surface area contributed by atoms with Gasteiger partial charge >= 0.3 is 0 Å². The fraction of sp³-hybridized carbons (Fsp3) is 0.417. The minimum Gasteiger partial charge on any atom is -0.347 e. The molecule has 3 heterocycles. The molecule has 0 aliphatic carbocycles. The summed E-state index contributed by atoms with van der Waals surface area (Å²) in [6.07, 6.45) is 6.91. The first-order valence-electron chi connectivity index (χ1n) is 11.5. The number of aryl methyl sites for hydroxylation is 1. The van der Waals surface area contributed by atoms with Gasteiger partial charge in [-0.05, 0) is 34.0 Å². The van der Waals surface area contributed by atoms with E-state index >= 15 is 0 Å². The fourth-order valence-corrected chi connectivity index (χ4v) is 3.96. The van der Waals surface area contributed by atoms with Gasteiger partial charge in [0.1, 0.15) is 5.82 Å². The predicted molar refractivity (Wildman–Crippen MR) is 127 cm³/mol. The molecular formula is C24H30N8O2. The van der Waals surface area contributed by atoms with Gasteiger partial charge in [-0.25, -0.2) is 14.8 Å². The van der Waals surface area contributed by atoms with E-state index in [1.165, 1.54) is 0 Å². The Morgan fingerprint density at radius 3 is 2.47 bits per heavy atom. The van der Waals surface area contributed by atoms with Crippen LogP contribution in [-0.2, 0) is 28.2 Å². The highest BCUT2D eigenvalue weighted by molar-refractivity contribution is 5.79. The van der Waals surface area contributed by atoms with Gasteiger partial charge in [-0.15, -0.1) is 5.10 Å². The number of ether oxygens (including phenoxy) is 2. The molecule has 0 saturated carbocycles. The SMILES string of the molecule is CCCCn1nc(C(CC)(OC)OC)nc1Cc1ccc(-c2cnccc2-c2nnn[nH]2)cc1. The summed E-state index contributed by atoms with van der Waals surface area (Å²) >= 11 is 0. The van der Waals surface area contributed by atoms with Gasteiger partial charge in [-0.1, -0.05) is 44.5 Å². The van der Waals surface area contributed by atoms with Crippen LogP contribution >= 0.6 is 0 Å². The molecule has 34 heavy (non-hydrogen) atoms. The summed E-state index contributed by atoms with van der Waals surface area (Å²) in [6, 6.07) is 10.3. The molecule has 0 aliphatic heterocycles. The third-order valence-electron chi connectivity index (χ3n) is 5.99. The van der Waals surface area contributed by atoms with E-state index in [9.17, 15) is 0 Å². The van der Waals surface area contributed by atoms with Crippen molar-refractivity contribution in [1.29, 1.82) is 0 Å². The van der Waals surface area contributed by atoms with Crippen LogP contribution in [0, 0.1) is 0 Å². The number of H-pyrrole nitrogens is 1. The Bertz CT molecular complexity index is 1180. The van der Waals surface area contributed by atoms with E-state index in [0.29, 0.717) is 24.5 Å². The van der Waals surface area contributed by atoms with E-state index in [0.717, 1.165) is 47.5 Å². The van der Waals surface area contributed by atoms with Crippen LogP contribution in [-0.4, -0.2) is 54.6 Å². The van der Waals surface area contributed by atoms with Crippen molar-refractivity contribution < 1.29 is 9.47 Å². The second kappa shape index (κ2) is 10.6. The number of hydrogen-bond donors (Lipinski definition) is 1. The molecule has 10 heteroatoms. The van der Waals surface area contributed by atoms with Gasteiger partial charge in [0.15, 0.2) is 5.82 Å². The topological polar surface area (TPSA) is 117 Å². The van der Waals surface area contributed by atoms with Gasteiger partial charge in [0.05, 0.1) is 0 Å². The molecule has 4 aromatic rings. The molecule has 0 bridgehead atoms. The first-order chi connectivity index (χ1) is 16.6. The lowest BCUT2D eigenvalue weighted by atomic mass is 9.99. The van der Waals surface area contributed by atoms with E-state index in [-0.39, 0.29) is 0 Å². The number of benzene rings is 1. The van der Waals surface area contributed by atoms with Crippen LogP contribution in [0.25, 0.3) is 22.5 Å². The largest absolute Gasteiger partial charge is 0.347 e. The molecule has 1 N–H and O–H groups in total. The summed E-state index contributed by atoms with van der Waals surface area (Å²) in [7, 11) is 3.25. The maximum atomic E-state index is 5.67. The van der Waals surface area contributed by atoms with Crippen LogP contribution < -0.4 is 0 Å². The molecule has 178 valence electrons. The lowest BCUT2D eigenvalue weighted by Gasteiger charge is -2.26. The molecule has 1 aromatic carbocycles. The molecule has 0 spiro atoms. The summed E-state index contributed by atoms with van der Waals surface area (Å²) in [5.41, 5.74) is 4.00. The number of unbranched alkanes of at least 4 members (excludes halogenated alkanes) is 1. The second-order valence-corrected chi connectivity index (χ2v) is 7.99. The number of aromatic nitrogens is 8. The molecule has 0 fully saturated rings. The Morgan fingerprint density at radius 2 is 1.82 bits per heavy atom. The van der Waals surface area contributed by atoms with E-state index in [2.05, 4.69) is 56.8 Å².